The number of rotatable bonds is 5. The molecule has 1 heterocycles. The smallest absolute Gasteiger partial charge is 0.222 e. The van der Waals surface area contributed by atoms with Crippen molar-refractivity contribution in [2.24, 2.45) is 5.92 Å². The van der Waals surface area contributed by atoms with Gasteiger partial charge in [-0.05, 0) is 43.7 Å². The van der Waals surface area contributed by atoms with E-state index in [1.807, 2.05) is 30.0 Å². The topological polar surface area (TPSA) is 29.5 Å². The van der Waals surface area contributed by atoms with Gasteiger partial charge in [0.1, 0.15) is 5.75 Å². The summed E-state index contributed by atoms with van der Waals surface area (Å²) >= 11 is 0. The number of benzene rings is 1. The van der Waals surface area contributed by atoms with E-state index in [0.29, 0.717) is 18.9 Å². The maximum absolute atomic E-state index is 12.3. The Morgan fingerprint density at radius 3 is 2.95 bits per heavy atom. The van der Waals surface area contributed by atoms with Crippen LogP contribution in [0.1, 0.15) is 38.7 Å². The molecular formula is C17H25NO2. The summed E-state index contributed by atoms with van der Waals surface area (Å²) in [6.45, 7) is 6.72. The van der Waals surface area contributed by atoms with Gasteiger partial charge in [0.15, 0.2) is 0 Å². The third-order valence-corrected chi connectivity index (χ3v) is 3.89. The van der Waals surface area contributed by atoms with Crippen LogP contribution < -0.4 is 4.74 Å². The fourth-order valence-electron chi connectivity index (χ4n) is 2.82. The number of para-hydroxylation sites is 1. The van der Waals surface area contributed by atoms with Gasteiger partial charge in [0.2, 0.25) is 5.91 Å². The third-order valence-electron chi connectivity index (χ3n) is 3.89. The standard InChI is InChI=1S/C17H25NO2/c1-3-20-16-9-5-4-8-15(16)10-11-17(19)18-12-6-7-14(2)13-18/h4-5,8-9,14H,3,6-7,10-13H2,1-2H3/t14-/m0/s1. The first kappa shape index (κ1) is 14.9. The summed E-state index contributed by atoms with van der Waals surface area (Å²) < 4.78 is 5.61. The summed E-state index contributed by atoms with van der Waals surface area (Å²) in [5, 5.41) is 0. The summed E-state index contributed by atoms with van der Waals surface area (Å²) in [4.78, 5) is 14.3. The Labute approximate surface area is 121 Å². The molecule has 1 aromatic rings. The van der Waals surface area contributed by atoms with Crippen molar-refractivity contribution in [3.8, 4) is 5.75 Å². The van der Waals surface area contributed by atoms with Crippen molar-refractivity contribution in [2.75, 3.05) is 19.7 Å². The lowest BCUT2D eigenvalue weighted by molar-refractivity contribution is -0.132. The van der Waals surface area contributed by atoms with Crippen molar-refractivity contribution in [3.63, 3.8) is 0 Å². The number of nitrogens with zero attached hydrogens (tertiary/aromatic N) is 1. The van der Waals surface area contributed by atoms with E-state index in [0.717, 1.165) is 37.2 Å². The van der Waals surface area contributed by atoms with Gasteiger partial charge in [-0.1, -0.05) is 25.1 Å². The van der Waals surface area contributed by atoms with Gasteiger partial charge in [-0.15, -0.1) is 0 Å². The van der Waals surface area contributed by atoms with E-state index >= 15 is 0 Å². The number of carbonyl (C=O) groups is 1. The Hall–Kier alpha value is -1.51. The molecule has 3 heteroatoms. The summed E-state index contributed by atoms with van der Waals surface area (Å²) in [5.74, 6) is 1.83. The highest BCUT2D eigenvalue weighted by Crippen LogP contribution is 2.21. The van der Waals surface area contributed by atoms with Crippen LogP contribution >= 0.6 is 0 Å². The fourth-order valence-corrected chi connectivity index (χ4v) is 2.82. The van der Waals surface area contributed by atoms with E-state index in [9.17, 15) is 4.79 Å². The van der Waals surface area contributed by atoms with Crippen LogP contribution in [0.4, 0.5) is 0 Å². The zero-order valence-electron chi connectivity index (χ0n) is 12.6. The van der Waals surface area contributed by atoms with E-state index in [-0.39, 0.29) is 5.91 Å². The lowest BCUT2D eigenvalue weighted by Crippen LogP contribution is -2.39. The summed E-state index contributed by atoms with van der Waals surface area (Å²) in [7, 11) is 0. The first-order valence-corrected chi connectivity index (χ1v) is 7.69. The van der Waals surface area contributed by atoms with Crippen LogP contribution in [0.5, 0.6) is 5.75 Å². The Balaban J connectivity index is 1.89. The Bertz CT molecular complexity index is 444. The van der Waals surface area contributed by atoms with E-state index in [1.165, 1.54) is 6.42 Å². The van der Waals surface area contributed by atoms with Crippen molar-refractivity contribution in [1.82, 2.24) is 4.90 Å². The zero-order valence-corrected chi connectivity index (χ0v) is 12.6. The second kappa shape index (κ2) is 7.32. The molecule has 0 N–H and O–H groups in total. The number of aryl methyl sites for hydroxylation is 1. The molecule has 0 saturated carbocycles. The highest BCUT2D eigenvalue weighted by molar-refractivity contribution is 5.76. The highest BCUT2D eigenvalue weighted by atomic mass is 16.5. The molecule has 1 fully saturated rings. The average molecular weight is 275 g/mol. The molecule has 20 heavy (non-hydrogen) atoms. The van der Waals surface area contributed by atoms with Gasteiger partial charge in [0.25, 0.3) is 0 Å². The first-order valence-electron chi connectivity index (χ1n) is 7.69. The van der Waals surface area contributed by atoms with Crippen LogP contribution in [0.25, 0.3) is 0 Å². The second-order valence-corrected chi connectivity index (χ2v) is 5.63. The van der Waals surface area contributed by atoms with Crippen molar-refractivity contribution in [3.05, 3.63) is 29.8 Å². The highest BCUT2D eigenvalue weighted by Gasteiger charge is 2.20. The average Bonchev–Trinajstić information content (AvgIpc) is 2.46. The van der Waals surface area contributed by atoms with E-state index < -0.39 is 0 Å². The van der Waals surface area contributed by atoms with Gasteiger partial charge in [-0.2, -0.15) is 0 Å². The molecule has 2 rings (SSSR count). The molecule has 1 atom stereocenters. The zero-order chi connectivity index (χ0) is 14.4. The minimum Gasteiger partial charge on any atom is -0.494 e. The van der Waals surface area contributed by atoms with Crippen molar-refractivity contribution in [1.29, 1.82) is 0 Å². The van der Waals surface area contributed by atoms with Gasteiger partial charge < -0.3 is 9.64 Å². The van der Waals surface area contributed by atoms with Crippen molar-refractivity contribution >= 4 is 5.91 Å². The number of piperidine rings is 1. The van der Waals surface area contributed by atoms with Gasteiger partial charge in [0.05, 0.1) is 6.61 Å². The third kappa shape index (κ3) is 3.99. The Morgan fingerprint density at radius 2 is 2.20 bits per heavy atom. The van der Waals surface area contributed by atoms with Crippen molar-refractivity contribution < 1.29 is 9.53 Å². The molecule has 1 saturated heterocycles. The minimum atomic E-state index is 0.280. The fraction of sp³-hybridized carbons (Fsp3) is 0.588. The predicted molar refractivity (Wildman–Crippen MR) is 80.9 cm³/mol. The van der Waals surface area contributed by atoms with Gasteiger partial charge in [-0.3, -0.25) is 4.79 Å². The molecule has 0 bridgehead atoms. The number of hydrogen-bond acceptors (Lipinski definition) is 2. The summed E-state index contributed by atoms with van der Waals surface area (Å²) in [5.41, 5.74) is 1.13. The summed E-state index contributed by atoms with van der Waals surface area (Å²) in [6, 6.07) is 8.01. The number of ether oxygens (including phenoxy) is 1. The van der Waals surface area contributed by atoms with Gasteiger partial charge in [0, 0.05) is 19.5 Å². The molecular weight excluding hydrogens is 250 g/mol. The Kier molecular flexibility index (Phi) is 5.45. The molecule has 1 aliphatic rings. The molecule has 0 aromatic heterocycles. The van der Waals surface area contributed by atoms with Crippen LogP contribution in [0, 0.1) is 5.92 Å². The number of carbonyl (C=O) groups excluding carboxylic acids is 1. The Morgan fingerprint density at radius 1 is 1.40 bits per heavy atom. The van der Waals surface area contributed by atoms with Crippen LogP contribution in [0.2, 0.25) is 0 Å². The van der Waals surface area contributed by atoms with Crippen molar-refractivity contribution in [2.45, 2.75) is 39.5 Å². The second-order valence-electron chi connectivity index (χ2n) is 5.63. The molecule has 3 nitrogen and oxygen atoms in total. The number of hydrogen-bond donors (Lipinski definition) is 0. The monoisotopic (exact) mass is 275 g/mol. The molecule has 0 radical (unpaired) electrons. The van der Waals surface area contributed by atoms with Gasteiger partial charge in [-0.25, -0.2) is 0 Å². The van der Waals surface area contributed by atoms with Crippen LogP contribution in [-0.2, 0) is 11.2 Å². The molecule has 110 valence electrons. The molecule has 0 aliphatic carbocycles. The van der Waals surface area contributed by atoms with E-state index in [2.05, 4.69) is 13.0 Å². The first-order chi connectivity index (χ1) is 9.70. The van der Waals surface area contributed by atoms with E-state index in [4.69, 9.17) is 4.74 Å². The van der Waals surface area contributed by atoms with Crippen LogP contribution in [0.15, 0.2) is 24.3 Å². The number of likely N-dealkylation sites (tertiary alicyclic amines) is 1. The summed E-state index contributed by atoms with van der Waals surface area (Å²) in [6.07, 6.45) is 3.73. The molecule has 0 unspecified atom stereocenters. The predicted octanol–water partition coefficient (Wildman–Crippen LogP) is 3.28. The normalized spacial score (nSPS) is 18.9. The quantitative estimate of drug-likeness (QED) is 0.825. The minimum absolute atomic E-state index is 0.280. The largest absolute Gasteiger partial charge is 0.494 e. The molecule has 1 aliphatic heterocycles. The maximum atomic E-state index is 12.3. The van der Waals surface area contributed by atoms with Gasteiger partial charge >= 0.3 is 0 Å². The molecule has 1 amide bonds. The van der Waals surface area contributed by atoms with Crippen LogP contribution in [-0.4, -0.2) is 30.5 Å². The number of amides is 1. The lowest BCUT2D eigenvalue weighted by atomic mass is 9.99. The van der Waals surface area contributed by atoms with Crippen LogP contribution in [0.3, 0.4) is 0 Å². The molecule has 1 aromatic carbocycles. The molecule has 0 spiro atoms. The lowest BCUT2D eigenvalue weighted by Gasteiger charge is -2.31. The van der Waals surface area contributed by atoms with E-state index in [1.54, 1.807) is 0 Å². The SMILES string of the molecule is CCOc1ccccc1CCC(=O)N1CCC[C@H](C)C1. The maximum Gasteiger partial charge on any atom is 0.222 e.